The van der Waals surface area contributed by atoms with Gasteiger partial charge in [-0.3, -0.25) is 13.8 Å². The van der Waals surface area contributed by atoms with Crippen molar-refractivity contribution in [2.45, 2.75) is 287 Å². The molecule has 19 heteroatoms. The van der Waals surface area contributed by atoms with E-state index < -0.39 is 94.6 Å². The lowest BCUT2D eigenvalue weighted by molar-refractivity contribution is -0.870. The summed E-state index contributed by atoms with van der Waals surface area (Å²) in [6.45, 7) is 5.42. The number of hydrogen-bond donors (Lipinski definition) is 9. The number of carbonyl (C=O) groups excluding carboxylic acids is 1. The molecule has 9 N–H and O–H groups in total. The van der Waals surface area contributed by atoms with Crippen molar-refractivity contribution in [3.8, 4) is 0 Å². The Morgan fingerprint density at radius 2 is 1.05 bits per heavy atom. The molecule has 0 aromatic heterocycles. The third kappa shape index (κ3) is 32.3. The van der Waals surface area contributed by atoms with Gasteiger partial charge in [0, 0.05) is 6.42 Å². The number of quaternary nitrogens is 1. The molecule has 2 saturated heterocycles. The smallest absolute Gasteiger partial charge is 0.387 e. The molecule has 0 bridgehead atoms. The number of carbonyl (C=O) groups is 1. The number of unbranched alkanes of at least 4 members (excludes halogenated alkanes) is 25. The van der Waals surface area contributed by atoms with Crippen LogP contribution in [0.4, 0.5) is 0 Å². The van der Waals surface area contributed by atoms with E-state index in [1.165, 1.54) is 135 Å². The van der Waals surface area contributed by atoms with E-state index in [-0.39, 0.29) is 25.5 Å². The Hall–Kier alpha value is -1.16. The van der Waals surface area contributed by atoms with Crippen molar-refractivity contribution in [2.24, 2.45) is 5.92 Å². The maximum absolute atomic E-state index is 13.3. The first kappa shape index (κ1) is 70.9. The van der Waals surface area contributed by atoms with Crippen LogP contribution in [0, 0.1) is 5.92 Å². The highest BCUT2D eigenvalue weighted by atomic mass is 31.2. The van der Waals surface area contributed by atoms with E-state index in [1.54, 1.807) is 6.08 Å². The minimum atomic E-state index is -4.61. The number of hydrogen-bond acceptors (Lipinski definition) is 15. The lowest BCUT2D eigenvalue weighted by Gasteiger charge is -2.43. The number of amides is 1. The van der Waals surface area contributed by atoms with Crippen LogP contribution in [0.3, 0.4) is 0 Å². The van der Waals surface area contributed by atoms with Crippen LogP contribution in [-0.4, -0.2) is 179 Å². The second-order valence-electron chi connectivity index (χ2n) is 23.1. The zero-order chi connectivity index (χ0) is 56.2. The van der Waals surface area contributed by atoms with E-state index in [1.807, 2.05) is 27.2 Å². The summed E-state index contributed by atoms with van der Waals surface area (Å²) in [5.74, 6) is 0.525. The molecule has 14 atom stereocenters. The van der Waals surface area contributed by atoms with Crippen LogP contribution in [0.5, 0.6) is 0 Å². The first-order chi connectivity index (χ1) is 36.3. The van der Waals surface area contributed by atoms with E-state index in [0.29, 0.717) is 17.4 Å². The maximum atomic E-state index is 13.3. The summed E-state index contributed by atoms with van der Waals surface area (Å²) in [7, 11) is 0.993. The van der Waals surface area contributed by atoms with Gasteiger partial charge in [0.25, 0.3) is 0 Å². The Labute approximate surface area is 459 Å². The van der Waals surface area contributed by atoms with E-state index in [9.17, 15) is 50.0 Å². The van der Waals surface area contributed by atoms with Gasteiger partial charge in [-0.15, -0.1) is 0 Å². The minimum Gasteiger partial charge on any atom is -0.387 e. The summed E-state index contributed by atoms with van der Waals surface area (Å²) in [6.07, 6.45) is 21.0. The van der Waals surface area contributed by atoms with Crippen LogP contribution in [0.2, 0.25) is 0 Å². The van der Waals surface area contributed by atoms with E-state index in [2.05, 4.69) is 26.1 Å². The minimum absolute atomic E-state index is 0.112. The Balaban J connectivity index is 1.90. The van der Waals surface area contributed by atoms with Crippen molar-refractivity contribution in [2.75, 3.05) is 54.1 Å². The second-order valence-corrected chi connectivity index (χ2v) is 24.5. The number of nitrogens with zero attached hydrogens (tertiary/aromatic N) is 1. The number of phosphoric acid groups is 1. The zero-order valence-electron chi connectivity index (χ0n) is 48.1. The Kier molecular flexibility index (Phi) is 39.0. The molecule has 1 amide bonds. The maximum Gasteiger partial charge on any atom is 0.472 e. The molecule has 0 saturated carbocycles. The fraction of sp³-hybridized carbons (Fsp3) is 0.947. The van der Waals surface area contributed by atoms with Gasteiger partial charge >= 0.3 is 7.82 Å². The van der Waals surface area contributed by atoms with Gasteiger partial charge in [0.2, 0.25) is 5.91 Å². The average Bonchev–Trinajstić information content (AvgIpc) is 3.38. The first-order valence-electron chi connectivity index (χ1n) is 30.0. The second kappa shape index (κ2) is 41.8. The predicted octanol–water partition coefficient (Wildman–Crippen LogP) is 8.26. The summed E-state index contributed by atoms with van der Waals surface area (Å²) in [5.41, 5.74) is 0. The Bertz CT molecular complexity index is 1510. The third-order valence-corrected chi connectivity index (χ3v) is 16.0. The molecule has 2 fully saturated rings. The highest BCUT2D eigenvalue weighted by molar-refractivity contribution is 7.47. The van der Waals surface area contributed by atoms with Gasteiger partial charge < -0.3 is 69.4 Å². The van der Waals surface area contributed by atoms with Crippen LogP contribution >= 0.6 is 7.82 Å². The SMILES string of the molecule is CCCCCCCCCCCCCCCCCCCCCC(=O)N[C@@H](CO[C@@H]1O[C@H](CO[C@@H]2O[C@H](COP(=O)(O)OCC[N+](C)(C)C)[C@H](O)[C@H](O)[C@H]2O)[C@H](O)[C@H](O)[C@H]1O)[C@H](O)/C=C/CCCCCCCCCC(C)CC. The molecule has 2 aliphatic heterocycles. The lowest BCUT2D eigenvalue weighted by Crippen LogP contribution is -2.62. The zero-order valence-corrected chi connectivity index (χ0v) is 49.0. The van der Waals surface area contributed by atoms with Crippen molar-refractivity contribution in [3.63, 3.8) is 0 Å². The average molecular weight is 1110 g/mol. The molecule has 0 aliphatic carbocycles. The fourth-order valence-corrected chi connectivity index (χ4v) is 10.2. The van der Waals surface area contributed by atoms with Crippen molar-refractivity contribution in [3.05, 3.63) is 12.2 Å². The highest BCUT2D eigenvalue weighted by Crippen LogP contribution is 2.44. The number of nitrogens with one attached hydrogen (secondary N) is 1. The standard InChI is InChI=1S/C57H111N2O16P/c1-7-9-10-11-12-13-14-15-16-17-18-19-20-21-22-26-29-32-35-38-49(61)58-45(46(60)37-34-31-28-25-23-24-27-30-33-36-44(3)8-2)41-70-56-54(66)52(64)50(62)47(74-56)42-71-57-55(67)53(65)51(63)48(75-57)43-73-76(68,69)72-40-39-59(4,5)6/h34,37,44-48,50-57,60,62-67H,7-33,35-36,38-43H2,1-6H3,(H-,58,61,68,69)/p+1/b37-34+/t44?,45-,46+,47+,48+,50-,51-,52-,53-,54+,55+,56+,57+/m0/s1. The molecule has 2 heterocycles. The van der Waals surface area contributed by atoms with E-state index >= 15 is 0 Å². The van der Waals surface area contributed by atoms with Crippen molar-refractivity contribution < 1.29 is 82.5 Å². The topological polar surface area (TPSA) is 263 Å². The predicted molar refractivity (Wildman–Crippen MR) is 296 cm³/mol. The molecule has 0 spiro atoms. The molecule has 450 valence electrons. The molecular weight excluding hydrogens is 1000 g/mol. The molecule has 2 unspecified atom stereocenters. The number of phosphoric ester groups is 1. The van der Waals surface area contributed by atoms with Gasteiger partial charge in [-0.1, -0.05) is 200 Å². The van der Waals surface area contributed by atoms with Crippen LogP contribution in [0.25, 0.3) is 0 Å². The number of allylic oxidation sites excluding steroid dienone is 1. The monoisotopic (exact) mass is 1110 g/mol. The van der Waals surface area contributed by atoms with Crippen LogP contribution < -0.4 is 5.32 Å². The van der Waals surface area contributed by atoms with Crippen LogP contribution in [-0.2, 0) is 37.4 Å². The number of rotatable bonds is 47. The largest absolute Gasteiger partial charge is 0.472 e. The first-order valence-corrected chi connectivity index (χ1v) is 31.5. The lowest BCUT2D eigenvalue weighted by atomic mass is 9.98. The van der Waals surface area contributed by atoms with Gasteiger partial charge in [0.1, 0.15) is 62.0 Å². The molecular formula is C57H112N2O16P+. The molecule has 76 heavy (non-hydrogen) atoms. The van der Waals surface area contributed by atoms with Gasteiger partial charge in [-0.2, -0.15) is 0 Å². The van der Waals surface area contributed by atoms with E-state index in [0.717, 1.165) is 50.9 Å². The van der Waals surface area contributed by atoms with Gasteiger partial charge in [0.05, 0.1) is 53.1 Å². The van der Waals surface area contributed by atoms with Crippen molar-refractivity contribution in [1.29, 1.82) is 0 Å². The summed E-state index contributed by atoms with van der Waals surface area (Å²) in [5, 5.41) is 78.8. The molecule has 0 aromatic rings. The number of aliphatic hydroxyl groups excluding tert-OH is 7. The molecule has 2 rings (SSSR count). The third-order valence-electron chi connectivity index (χ3n) is 15.0. The summed E-state index contributed by atoms with van der Waals surface area (Å²) in [6, 6.07) is -0.955. The Morgan fingerprint density at radius 3 is 1.54 bits per heavy atom. The van der Waals surface area contributed by atoms with Gasteiger partial charge in [-0.05, 0) is 25.2 Å². The van der Waals surface area contributed by atoms with Gasteiger partial charge in [-0.25, -0.2) is 4.57 Å². The Morgan fingerprint density at radius 1 is 0.605 bits per heavy atom. The quantitative estimate of drug-likeness (QED) is 0.0120. The molecule has 0 radical (unpaired) electrons. The highest BCUT2D eigenvalue weighted by Gasteiger charge is 2.48. The number of likely N-dealkylation sites (N-methyl/N-ethyl adjacent to an activating group) is 1. The van der Waals surface area contributed by atoms with Crippen molar-refractivity contribution >= 4 is 13.7 Å². The normalized spacial score (nSPS) is 26.4. The molecule has 0 aromatic carbocycles. The summed E-state index contributed by atoms with van der Waals surface area (Å²) >= 11 is 0. The van der Waals surface area contributed by atoms with Crippen LogP contribution in [0.15, 0.2) is 12.2 Å². The number of aliphatic hydroxyl groups is 7. The molecule has 18 nitrogen and oxygen atoms in total. The van der Waals surface area contributed by atoms with Gasteiger partial charge in [0.15, 0.2) is 12.6 Å². The van der Waals surface area contributed by atoms with Crippen LogP contribution in [0.1, 0.15) is 213 Å². The molecule has 2 aliphatic rings. The fourth-order valence-electron chi connectivity index (χ4n) is 9.49. The summed E-state index contributed by atoms with van der Waals surface area (Å²) in [4.78, 5) is 23.5. The number of ether oxygens (including phenoxy) is 4. The van der Waals surface area contributed by atoms with Crippen molar-refractivity contribution in [1.82, 2.24) is 5.32 Å². The summed E-state index contributed by atoms with van der Waals surface area (Å²) < 4.78 is 46.0. The van der Waals surface area contributed by atoms with E-state index in [4.69, 9.17) is 28.0 Å².